The number of benzene rings is 2. The molecule has 0 spiro atoms. The predicted octanol–water partition coefficient (Wildman–Crippen LogP) is 1.36. The van der Waals surface area contributed by atoms with Gasteiger partial charge in [-0.3, -0.25) is 0 Å². The van der Waals surface area contributed by atoms with E-state index in [1.165, 1.54) is 18.2 Å². The van der Waals surface area contributed by atoms with Gasteiger partial charge in [0.15, 0.2) is 6.10 Å². The van der Waals surface area contributed by atoms with Gasteiger partial charge in [-0.05, 0) is 16.8 Å². The molecule has 3 N–H and O–H groups in total. The minimum Gasteiger partial charge on any atom is -0.507 e. The molecule has 21 heavy (non-hydrogen) atoms. The summed E-state index contributed by atoms with van der Waals surface area (Å²) in [6.45, 7) is 0. The number of hydrogen-bond donors (Lipinski definition) is 3. The summed E-state index contributed by atoms with van der Waals surface area (Å²) >= 11 is 0. The van der Waals surface area contributed by atoms with Crippen LogP contribution in [0.25, 0.3) is 10.8 Å². The first kappa shape index (κ1) is 13.6. The Bertz CT molecular complexity index is 710. The minimum atomic E-state index is -1.06. The molecule has 2 aromatic carbocycles. The molecule has 0 aromatic heterocycles. The second kappa shape index (κ2) is 5.20. The van der Waals surface area contributed by atoms with Crippen LogP contribution in [0.5, 0.6) is 5.75 Å². The van der Waals surface area contributed by atoms with E-state index in [-0.39, 0.29) is 11.3 Å². The van der Waals surface area contributed by atoms with E-state index in [0.717, 1.165) is 5.39 Å². The fourth-order valence-corrected chi connectivity index (χ4v) is 2.45. The van der Waals surface area contributed by atoms with Gasteiger partial charge in [-0.1, -0.05) is 42.5 Å². The zero-order valence-corrected chi connectivity index (χ0v) is 11.0. The van der Waals surface area contributed by atoms with Gasteiger partial charge in [-0.15, -0.1) is 0 Å². The van der Waals surface area contributed by atoms with Crippen LogP contribution in [0, 0.1) is 0 Å². The Labute approximate surface area is 120 Å². The van der Waals surface area contributed by atoms with Gasteiger partial charge in [0.05, 0.1) is 0 Å². The quantitative estimate of drug-likeness (QED) is 0.573. The fraction of sp³-hybridized carbons (Fsp3) is 0.188. The third-order valence-corrected chi connectivity index (χ3v) is 3.53. The zero-order chi connectivity index (χ0) is 15.0. The molecular weight excluding hydrogens is 272 g/mol. The summed E-state index contributed by atoms with van der Waals surface area (Å²) in [5.74, 6) is -0.982. The van der Waals surface area contributed by atoms with Crippen LogP contribution in [0.3, 0.4) is 0 Å². The van der Waals surface area contributed by atoms with E-state index in [0.29, 0.717) is 5.39 Å². The van der Waals surface area contributed by atoms with Gasteiger partial charge in [0.25, 0.3) is 0 Å². The molecule has 0 radical (unpaired) electrons. The zero-order valence-electron chi connectivity index (χ0n) is 11.0. The second-order valence-corrected chi connectivity index (χ2v) is 4.92. The molecule has 0 saturated heterocycles. The molecule has 3 atom stereocenters. The summed E-state index contributed by atoms with van der Waals surface area (Å²) in [6, 6.07) is 10.2. The van der Waals surface area contributed by atoms with Gasteiger partial charge in [0.2, 0.25) is 0 Å². The van der Waals surface area contributed by atoms with Crippen LogP contribution in [0.1, 0.15) is 10.4 Å². The maximum atomic E-state index is 12.3. The highest BCUT2D eigenvalue weighted by molar-refractivity contribution is 6.07. The van der Waals surface area contributed by atoms with Gasteiger partial charge in [-0.25, -0.2) is 4.79 Å². The van der Waals surface area contributed by atoms with Crippen LogP contribution < -0.4 is 0 Å². The van der Waals surface area contributed by atoms with Gasteiger partial charge in [0, 0.05) is 0 Å². The van der Waals surface area contributed by atoms with Crippen LogP contribution in [0.2, 0.25) is 0 Å². The first-order chi connectivity index (χ1) is 10.1. The smallest absolute Gasteiger partial charge is 0.343 e. The number of hydrogen-bond acceptors (Lipinski definition) is 5. The molecule has 5 heteroatoms. The molecule has 0 fully saturated rings. The van der Waals surface area contributed by atoms with Crippen molar-refractivity contribution in [2.75, 3.05) is 0 Å². The summed E-state index contributed by atoms with van der Waals surface area (Å²) in [6.07, 6.45) is -0.435. The summed E-state index contributed by atoms with van der Waals surface area (Å²) in [7, 11) is 0. The van der Waals surface area contributed by atoms with E-state index in [4.69, 9.17) is 4.74 Å². The lowest BCUT2D eigenvalue weighted by atomic mass is 10.0. The molecule has 5 nitrogen and oxygen atoms in total. The number of rotatable bonds is 2. The molecule has 1 unspecified atom stereocenters. The number of carbonyl (C=O) groups excluding carboxylic acids is 1. The van der Waals surface area contributed by atoms with Crippen LogP contribution in [-0.4, -0.2) is 39.6 Å². The van der Waals surface area contributed by atoms with E-state index < -0.39 is 24.3 Å². The fourth-order valence-electron chi connectivity index (χ4n) is 2.45. The monoisotopic (exact) mass is 286 g/mol. The van der Waals surface area contributed by atoms with Gasteiger partial charge < -0.3 is 20.1 Å². The Balaban J connectivity index is 1.97. The highest BCUT2D eigenvalue weighted by atomic mass is 16.6. The van der Waals surface area contributed by atoms with Crippen LogP contribution in [0.4, 0.5) is 0 Å². The lowest BCUT2D eigenvalue weighted by molar-refractivity contribution is -0.0364. The lowest BCUT2D eigenvalue weighted by Crippen LogP contribution is -2.35. The highest BCUT2D eigenvalue weighted by Gasteiger charge is 2.33. The lowest BCUT2D eigenvalue weighted by Gasteiger charge is -2.20. The van der Waals surface area contributed by atoms with E-state index in [1.54, 1.807) is 18.2 Å². The first-order valence-electron chi connectivity index (χ1n) is 6.54. The van der Waals surface area contributed by atoms with Crippen LogP contribution >= 0.6 is 0 Å². The number of aromatic hydroxyl groups is 1. The van der Waals surface area contributed by atoms with Gasteiger partial charge >= 0.3 is 5.97 Å². The molecule has 1 aliphatic carbocycles. The molecule has 0 bridgehead atoms. The average molecular weight is 286 g/mol. The number of phenols is 1. The van der Waals surface area contributed by atoms with E-state index in [1.807, 2.05) is 12.1 Å². The van der Waals surface area contributed by atoms with E-state index >= 15 is 0 Å². The maximum absolute atomic E-state index is 12.3. The predicted molar refractivity (Wildman–Crippen MR) is 76.0 cm³/mol. The standard InChI is InChI=1S/C16H14O5/c17-11-6-5-9-3-1-2-4-10(9)14(11)16(20)21-15-12(18)7-8-13(15)19/h1-8,12-13,15,17-19H/t12-,13+,15?. The SMILES string of the molecule is O=C(OC1[C@H](O)C=C[C@@H]1O)c1c(O)ccc2ccccc12. The highest BCUT2D eigenvalue weighted by Crippen LogP contribution is 2.29. The summed E-state index contributed by atoms with van der Waals surface area (Å²) in [4.78, 5) is 12.3. The molecule has 0 aliphatic heterocycles. The molecule has 0 heterocycles. The Morgan fingerprint density at radius 3 is 2.38 bits per heavy atom. The number of fused-ring (bicyclic) bond motifs is 1. The van der Waals surface area contributed by atoms with Gasteiger partial charge in [-0.2, -0.15) is 0 Å². The van der Waals surface area contributed by atoms with Crippen LogP contribution in [0.15, 0.2) is 48.6 Å². The summed E-state index contributed by atoms with van der Waals surface area (Å²) < 4.78 is 5.15. The topological polar surface area (TPSA) is 87.0 Å². The average Bonchev–Trinajstić information content (AvgIpc) is 2.79. The molecule has 1 aliphatic rings. The molecular formula is C16H14O5. The molecule has 0 amide bonds. The van der Waals surface area contributed by atoms with Crippen molar-refractivity contribution in [2.45, 2.75) is 18.3 Å². The van der Waals surface area contributed by atoms with Crippen molar-refractivity contribution in [1.29, 1.82) is 0 Å². The van der Waals surface area contributed by atoms with Crippen LogP contribution in [-0.2, 0) is 4.74 Å². The van der Waals surface area contributed by atoms with Gasteiger partial charge in [0.1, 0.15) is 23.5 Å². The van der Waals surface area contributed by atoms with E-state index in [2.05, 4.69) is 0 Å². The number of aliphatic hydroxyl groups is 2. The molecule has 3 rings (SSSR count). The third-order valence-electron chi connectivity index (χ3n) is 3.53. The van der Waals surface area contributed by atoms with Crippen molar-refractivity contribution in [1.82, 2.24) is 0 Å². The number of carbonyl (C=O) groups is 1. The molecule has 2 aromatic rings. The third kappa shape index (κ3) is 2.37. The Hall–Kier alpha value is -2.37. The molecule has 0 saturated carbocycles. The van der Waals surface area contributed by atoms with Crippen molar-refractivity contribution in [2.24, 2.45) is 0 Å². The van der Waals surface area contributed by atoms with Crippen molar-refractivity contribution in [3.63, 3.8) is 0 Å². The van der Waals surface area contributed by atoms with Crippen molar-refractivity contribution in [3.05, 3.63) is 54.1 Å². The summed E-state index contributed by atoms with van der Waals surface area (Å²) in [5.41, 5.74) is 0.0272. The number of ether oxygens (including phenoxy) is 1. The minimum absolute atomic E-state index is 0.0272. The second-order valence-electron chi connectivity index (χ2n) is 4.92. The number of aliphatic hydroxyl groups excluding tert-OH is 2. The number of esters is 1. The van der Waals surface area contributed by atoms with E-state index in [9.17, 15) is 20.1 Å². The number of phenolic OH excluding ortho intramolecular Hbond substituents is 1. The Morgan fingerprint density at radius 1 is 1.00 bits per heavy atom. The summed E-state index contributed by atoms with van der Waals surface area (Å²) in [5, 5.41) is 30.6. The normalized spacial score (nSPS) is 24.4. The Morgan fingerprint density at radius 2 is 1.67 bits per heavy atom. The Kier molecular flexibility index (Phi) is 3.37. The maximum Gasteiger partial charge on any atom is 0.343 e. The van der Waals surface area contributed by atoms with Crippen molar-refractivity contribution in [3.8, 4) is 5.75 Å². The molecule has 108 valence electrons. The van der Waals surface area contributed by atoms with Crippen molar-refractivity contribution >= 4 is 16.7 Å². The largest absolute Gasteiger partial charge is 0.507 e. The first-order valence-corrected chi connectivity index (χ1v) is 6.54. The van der Waals surface area contributed by atoms with Crippen molar-refractivity contribution < 1.29 is 24.9 Å².